The average molecular weight is 245 g/mol. The zero-order valence-corrected chi connectivity index (χ0v) is 10.3. The Labute approximate surface area is 100 Å². The highest BCUT2D eigenvalue weighted by Gasteiger charge is 2.35. The van der Waals surface area contributed by atoms with Crippen LogP contribution in [0.5, 0.6) is 0 Å². The minimum Gasteiger partial charge on any atom is -0.370 e. The molecule has 1 aromatic carbocycles. The fraction of sp³-hybridized carbons (Fsp3) is 0.500. The van der Waals surface area contributed by atoms with Crippen LogP contribution < -0.4 is 0 Å². The average Bonchev–Trinajstić information content (AvgIpc) is 2.86. The Morgan fingerprint density at radius 3 is 2.67 bits per heavy atom. The lowest BCUT2D eigenvalue weighted by molar-refractivity contribution is 0.362. The van der Waals surface area contributed by atoms with Gasteiger partial charge < -0.3 is 4.74 Å². The summed E-state index contributed by atoms with van der Waals surface area (Å²) in [5.41, 5.74) is 1.12. The van der Waals surface area contributed by atoms with Gasteiger partial charge in [0.1, 0.15) is 0 Å². The molecule has 2 rings (SSSR count). The first-order chi connectivity index (χ1) is 7.09. The van der Waals surface area contributed by atoms with E-state index < -0.39 is 0 Å². The summed E-state index contributed by atoms with van der Waals surface area (Å²) in [6.07, 6.45) is 1.82. The van der Waals surface area contributed by atoms with Gasteiger partial charge in [-0.3, -0.25) is 0 Å². The predicted octanol–water partition coefficient (Wildman–Crippen LogP) is 4.27. The summed E-state index contributed by atoms with van der Waals surface area (Å²) >= 11 is 12.1. The Kier molecular flexibility index (Phi) is 3.24. The molecule has 82 valence electrons. The molecule has 0 aliphatic carbocycles. The molecule has 1 nitrogen and oxygen atoms in total. The van der Waals surface area contributed by atoms with Crippen molar-refractivity contribution in [3.63, 3.8) is 0 Å². The van der Waals surface area contributed by atoms with E-state index >= 15 is 0 Å². The quantitative estimate of drug-likeness (QED) is 0.724. The van der Waals surface area contributed by atoms with Crippen molar-refractivity contribution in [3.05, 3.63) is 33.8 Å². The molecule has 0 radical (unpaired) electrons. The summed E-state index contributed by atoms with van der Waals surface area (Å²) in [5, 5.41) is 1.31. The zero-order valence-electron chi connectivity index (χ0n) is 8.84. The number of benzene rings is 1. The molecule has 0 aromatic heterocycles. The van der Waals surface area contributed by atoms with Crippen LogP contribution in [0.15, 0.2) is 18.2 Å². The second-order valence-corrected chi connectivity index (χ2v) is 4.94. The summed E-state index contributed by atoms with van der Waals surface area (Å²) in [6, 6.07) is 5.79. The van der Waals surface area contributed by atoms with Crippen LogP contribution in [0, 0.1) is 0 Å². The molecular formula is C12H14Cl2O. The second kappa shape index (κ2) is 4.32. The predicted molar refractivity (Wildman–Crippen MR) is 63.8 cm³/mol. The number of ether oxygens (including phenoxy) is 1. The molecule has 0 bridgehead atoms. The fourth-order valence-corrected chi connectivity index (χ4v) is 2.35. The highest BCUT2D eigenvalue weighted by molar-refractivity contribution is 6.42. The van der Waals surface area contributed by atoms with E-state index in [1.807, 2.05) is 18.2 Å². The van der Waals surface area contributed by atoms with Gasteiger partial charge in [0.05, 0.1) is 22.3 Å². The molecule has 0 N–H and O–H groups in total. The molecule has 1 aromatic rings. The molecule has 0 amide bonds. The molecule has 1 saturated heterocycles. The molecule has 0 saturated carbocycles. The van der Waals surface area contributed by atoms with E-state index in [0.717, 1.165) is 12.0 Å². The lowest BCUT2D eigenvalue weighted by Crippen LogP contribution is -2.00. The van der Waals surface area contributed by atoms with Crippen LogP contribution in [-0.4, -0.2) is 12.2 Å². The van der Waals surface area contributed by atoms with Gasteiger partial charge in [-0.2, -0.15) is 0 Å². The van der Waals surface area contributed by atoms with Gasteiger partial charge in [-0.05, 0) is 30.9 Å². The van der Waals surface area contributed by atoms with E-state index in [-0.39, 0.29) is 0 Å². The molecule has 1 fully saturated rings. The Morgan fingerprint density at radius 1 is 1.40 bits per heavy atom. The highest BCUT2D eigenvalue weighted by Crippen LogP contribution is 2.37. The molecule has 3 atom stereocenters. The molecule has 1 aliphatic rings. The second-order valence-electron chi connectivity index (χ2n) is 4.16. The van der Waals surface area contributed by atoms with Crippen LogP contribution in [0.1, 0.15) is 31.7 Å². The maximum Gasteiger partial charge on any atom is 0.0844 e. The van der Waals surface area contributed by atoms with E-state index in [9.17, 15) is 0 Å². The smallest absolute Gasteiger partial charge is 0.0844 e. The van der Waals surface area contributed by atoms with E-state index in [1.54, 1.807) is 0 Å². The van der Waals surface area contributed by atoms with Crippen molar-refractivity contribution >= 4 is 23.2 Å². The van der Waals surface area contributed by atoms with Crippen molar-refractivity contribution < 1.29 is 4.74 Å². The molecule has 0 spiro atoms. The Balaban J connectivity index is 2.11. The van der Waals surface area contributed by atoms with Crippen molar-refractivity contribution in [1.29, 1.82) is 0 Å². The first-order valence-electron chi connectivity index (χ1n) is 5.19. The normalized spacial score (nSPS) is 26.4. The topological polar surface area (TPSA) is 12.5 Å². The van der Waals surface area contributed by atoms with Gasteiger partial charge in [-0.15, -0.1) is 0 Å². The van der Waals surface area contributed by atoms with E-state index in [0.29, 0.717) is 28.2 Å². The van der Waals surface area contributed by atoms with Crippen molar-refractivity contribution in [3.8, 4) is 0 Å². The standard InChI is InChI=1S/C12H14Cl2O/c1-7(6-11-8(2)15-11)9-4-3-5-10(13)12(9)14/h3-5,7-8,11H,6H2,1-2H3. The van der Waals surface area contributed by atoms with Crippen LogP contribution in [0.4, 0.5) is 0 Å². The third kappa shape index (κ3) is 2.47. The molecule has 3 heteroatoms. The molecule has 3 unspecified atom stereocenters. The van der Waals surface area contributed by atoms with Gasteiger partial charge in [0.15, 0.2) is 0 Å². The Bertz CT molecular complexity index is 365. The van der Waals surface area contributed by atoms with Gasteiger partial charge in [0.2, 0.25) is 0 Å². The molecular weight excluding hydrogens is 231 g/mol. The molecule has 1 aliphatic heterocycles. The minimum absolute atomic E-state index is 0.395. The fourth-order valence-electron chi connectivity index (χ4n) is 1.85. The maximum atomic E-state index is 6.16. The first kappa shape index (κ1) is 11.3. The van der Waals surface area contributed by atoms with Crippen molar-refractivity contribution in [1.82, 2.24) is 0 Å². The van der Waals surface area contributed by atoms with E-state index in [4.69, 9.17) is 27.9 Å². The third-order valence-corrected chi connectivity index (χ3v) is 3.77. The Morgan fingerprint density at radius 2 is 2.07 bits per heavy atom. The Hall–Kier alpha value is -0.240. The summed E-state index contributed by atoms with van der Waals surface area (Å²) < 4.78 is 5.40. The third-order valence-electron chi connectivity index (χ3n) is 2.93. The number of epoxide rings is 1. The lowest BCUT2D eigenvalue weighted by Gasteiger charge is -2.12. The lowest BCUT2D eigenvalue weighted by atomic mass is 9.95. The number of halogens is 2. The van der Waals surface area contributed by atoms with Crippen LogP contribution in [0.2, 0.25) is 10.0 Å². The maximum absolute atomic E-state index is 6.16. The summed E-state index contributed by atoms with van der Waals surface area (Å²) in [7, 11) is 0. The van der Waals surface area contributed by atoms with Gasteiger partial charge in [0, 0.05) is 0 Å². The van der Waals surface area contributed by atoms with Crippen molar-refractivity contribution in [2.75, 3.05) is 0 Å². The van der Waals surface area contributed by atoms with Crippen LogP contribution >= 0.6 is 23.2 Å². The summed E-state index contributed by atoms with van der Waals surface area (Å²) in [6.45, 7) is 4.25. The summed E-state index contributed by atoms with van der Waals surface area (Å²) in [5.74, 6) is 0.395. The van der Waals surface area contributed by atoms with Gasteiger partial charge >= 0.3 is 0 Å². The van der Waals surface area contributed by atoms with E-state index in [2.05, 4.69) is 13.8 Å². The SMILES string of the molecule is CC(CC1OC1C)c1cccc(Cl)c1Cl. The van der Waals surface area contributed by atoms with Crippen molar-refractivity contribution in [2.45, 2.75) is 38.4 Å². The number of hydrogen-bond donors (Lipinski definition) is 0. The molecule has 1 heterocycles. The van der Waals surface area contributed by atoms with Crippen molar-refractivity contribution in [2.24, 2.45) is 0 Å². The number of rotatable bonds is 3. The largest absolute Gasteiger partial charge is 0.370 e. The zero-order chi connectivity index (χ0) is 11.0. The van der Waals surface area contributed by atoms with Crippen LogP contribution in [-0.2, 0) is 4.74 Å². The monoisotopic (exact) mass is 244 g/mol. The van der Waals surface area contributed by atoms with Crippen LogP contribution in [0.3, 0.4) is 0 Å². The van der Waals surface area contributed by atoms with Gasteiger partial charge in [-0.1, -0.05) is 42.3 Å². The highest BCUT2D eigenvalue weighted by atomic mass is 35.5. The van der Waals surface area contributed by atoms with Gasteiger partial charge in [0.25, 0.3) is 0 Å². The first-order valence-corrected chi connectivity index (χ1v) is 5.94. The van der Waals surface area contributed by atoms with Gasteiger partial charge in [-0.25, -0.2) is 0 Å². The number of hydrogen-bond acceptors (Lipinski definition) is 1. The molecule has 15 heavy (non-hydrogen) atoms. The van der Waals surface area contributed by atoms with E-state index in [1.165, 1.54) is 0 Å². The minimum atomic E-state index is 0.395. The van der Waals surface area contributed by atoms with Crippen LogP contribution in [0.25, 0.3) is 0 Å². The summed E-state index contributed by atoms with van der Waals surface area (Å²) in [4.78, 5) is 0.